The number of furan rings is 1. The van der Waals surface area contributed by atoms with E-state index in [1.807, 2.05) is 6.07 Å². The third-order valence-electron chi connectivity index (χ3n) is 3.44. The van der Waals surface area contributed by atoms with Crippen molar-refractivity contribution < 1.29 is 9.21 Å². The summed E-state index contributed by atoms with van der Waals surface area (Å²) in [6.07, 6.45) is 2.64. The van der Waals surface area contributed by atoms with Crippen LogP contribution in [0.4, 0.5) is 0 Å². The molecule has 0 aliphatic carbocycles. The van der Waals surface area contributed by atoms with E-state index in [4.69, 9.17) is 10.3 Å². The van der Waals surface area contributed by atoms with E-state index in [1.54, 1.807) is 6.07 Å². The van der Waals surface area contributed by atoms with Gasteiger partial charge in [-0.25, -0.2) is 5.84 Å². The average molecular weight is 266 g/mol. The Labute approximate surface area is 113 Å². The number of nitrogens with two attached hydrogens (primary N) is 1. The second-order valence-corrected chi connectivity index (χ2v) is 5.03. The molecule has 6 heteroatoms. The first-order valence-corrected chi connectivity index (χ1v) is 6.69. The smallest absolute Gasteiger partial charge is 0.300 e. The summed E-state index contributed by atoms with van der Waals surface area (Å²) in [5, 5.41) is 0. The van der Waals surface area contributed by atoms with Crippen molar-refractivity contribution in [2.75, 3.05) is 33.2 Å². The third-order valence-corrected chi connectivity index (χ3v) is 3.44. The maximum atomic E-state index is 11.3. The van der Waals surface area contributed by atoms with Crippen LogP contribution in [0, 0.1) is 0 Å². The van der Waals surface area contributed by atoms with Crippen molar-refractivity contribution in [1.82, 2.24) is 15.2 Å². The fraction of sp³-hybridized carbons (Fsp3) is 0.615. The standard InChI is InChI=1S/C13H22N4O2/c1-16(8-9-17-6-2-3-7-17)10-11-4-5-12(19-11)13(18)15-14/h4-5H,2-3,6-10,14H2,1H3,(H,15,18). The van der Waals surface area contributed by atoms with Crippen LogP contribution in [0.2, 0.25) is 0 Å². The van der Waals surface area contributed by atoms with Gasteiger partial charge in [0.05, 0.1) is 6.54 Å². The molecule has 106 valence electrons. The molecule has 0 unspecified atom stereocenters. The number of hydrogen-bond acceptors (Lipinski definition) is 5. The lowest BCUT2D eigenvalue weighted by atomic mass is 10.4. The first-order chi connectivity index (χ1) is 9.19. The highest BCUT2D eigenvalue weighted by Gasteiger charge is 2.13. The number of hydrazine groups is 1. The Morgan fingerprint density at radius 3 is 2.89 bits per heavy atom. The van der Waals surface area contributed by atoms with Gasteiger partial charge < -0.3 is 9.32 Å². The van der Waals surface area contributed by atoms with E-state index in [2.05, 4.69) is 22.3 Å². The van der Waals surface area contributed by atoms with Gasteiger partial charge in [0.2, 0.25) is 0 Å². The molecule has 1 fully saturated rings. The van der Waals surface area contributed by atoms with Crippen LogP contribution in [0.5, 0.6) is 0 Å². The lowest BCUT2D eigenvalue weighted by Crippen LogP contribution is -2.31. The molecule has 6 nitrogen and oxygen atoms in total. The van der Waals surface area contributed by atoms with Crippen LogP contribution in [0.25, 0.3) is 0 Å². The molecule has 2 heterocycles. The number of likely N-dealkylation sites (N-methyl/N-ethyl adjacent to an activating group) is 1. The third kappa shape index (κ3) is 4.05. The Bertz CT molecular complexity index is 413. The van der Waals surface area contributed by atoms with Crippen molar-refractivity contribution in [3.05, 3.63) is 23.7 Å². The second-order valence-electron chi connectivity index (χ2n) is 5.03. The highest BCUT2D eigenvalue weighted by Crippen LogP contribution is 2.11. The Hall–Kier alpha value is -1.37. The summed E-state index contributed by atoms with van der Waals surface area (Å²) in [6.45, 7) is 5.23. The number of amides is 1. The molecule has 0 atom stereocenters. The van der Waals surface area contributed by atoms with Gasteiger partial charge in [-0.15, -0.1) is 0 Å². The number of carbonyl (C=O) groups is 1. The van der Waals surface area contributed by atoms with E-state index < -0.39 is 5.91 Å². The molecule has 1 aliphatic heterocycles. The zero-order valence-corrected chi connectivity index (χ0v) is 11.4. The summed E-state index contributed by atoms with van der Waals surface area (Å²) in [5.74, 6) is 5.69. The largest absolute Gasteiger partial charge is 0.455 e. The minimum Gasteiger partial charge on any atom is -0.455 e. The number of rotatable bonds is 6. The number of likely N-dealkylation sites (tertiary alicyclic amines) is 1. The van der Waals surface area contributed by atoms with Crippen LogP contribution in [0.3, 0.4) is 0 Å². The van der Waals surface area contributed by atoms with E-state index in [0.29, 0.717) is 6.54 Å². The van der Waals surface area contributed by atoms with Gasteiger partial charge >= 0.3 is 5.91 Å². The quantitative estimate of drug-likeness (QED) is 0.443. The van der Waals surface area contributed by atoms with Crippen LogP contribution in [0.15, 0.2) is 16.5 Å². The molecule has 19 heavy (non-hydrogen) atoms. The van der Waals surface area contributed by atoms with Crippen LogP contribution in [-0.2, 0) is 6.54 Å². The molecule has 0 radical (unpaired) electrons. The van der Waals surface area contributed by atoms with Crippen molar-refractivity contribution >= 4 is 5.91 Å². The lowest BCUT2D eigenvalue weighted by Gasteiger charge is -2.20. The number of nitrogens with one attached hydrogen (secondary N) is 1. The number of nitrogen functional groups attached to an aromatic ring is 1. The van der Waals surface area contributed by atoms with Gasteiger partial charge in [0.15, 0.2) is 5.76 Å². The molecule has 0 bridgehead atoms. The molecule has 1 saturated heterocycles. The van der Waals surface area contributed by atoms with Crippen molar-refractivity contribution in [2.45, 2.75) is 19.4 Å². The molecule has 1 amide bonds. The molecule has 3 N–H and O–H groups in total. The molecule has 0 spiro atoms. The molecule has 1 aromatic heterocycles. The second kappa shape index (κ2) is 6.70. The van der Waals surface area contributed by atoms with Gasteiger partial charge in [0, 0.05) is 13.1 Å². The summed E-state index contributed by atoms with van der Waals surface area (Å²) in [6, 6.07) is 3.46. The van der Waals surface area contributed by atoms with Gasteiger partial charge in [-0.2, -0.15) is 0 Å². The summed E-state index contributed by atoms with van der Waals surface area (Å²) in [7, 11) is 2.06. The fourth-order valence-corrected chi connectivity index (χ4v) is 2.32. The van der Waals surface area contributed by atoms with E-state index >= 15 is 0 Å². The molecule has 0 saturated carbocycles. The highest BCUT2D eigenvalue weighted by atomic mass is 16.4. The molecular weight excluding hydrogens is 244 g/mol. The molecular formula is C13H22N4O2. The van der Waals surface area contributed by atoms with Crippen molar-refractivity contribution in [3.8, 4) is 0 Å². The predicted molar refractivity (Wildman–Crippen MR) is 72.4 cm³/mol. The minimum atomic E-state index is -0.397. The Balaban J connectivity index is 1.76. The Kier molecular flexibility index (Phi) is 4.95. The van der Waals surface area contributed by atoms with Gasteiger partial charge in [0.25, 0.3) is 0 Å². The fourth-order valence-electron chi connectivity index (χ4n) is 2.32. The number of nitrogens with zero attached hydrogens (tertiary/aromatic N) is 2. The first kappa shape index (κ1) is 14.0. The first-order valence-electron chi connectivity index (χ1n) is 6.69. The number of hydrogen-bond donors (Lipinski definition) is 2. The predicted octanol–water partition coefficient (Wildman–Crippen LogP) is 0.411. The van der Waals surface area contributed by atoms with Gasteiger partial charge in [-0.05, 0) is 45.1 Å². The van der Waals surface area contributed by atoms with Crippen LogP contribution in [-0.4, -0.2) is 48.9 Å². The summed E-state index contributed by atoms with van der Waals surface area (Å²) >= 11 is 0. The lowest BCUT2D eigenvalue weighted by molar-refractivity contribution is 0.0922. The van der Waals surface area contributed by atoms with E-state index in [0.717, 1.165) is 18.8 Å². The van der Waals surface area contributed by atoms with E-state index in [9.17, 15) is 4.79 Å². The zero-order valence-electron chi connectivity index (χ0n) is 11.4. The molecule has 2 rings (SSSR count). The van der Waals surface area contributed by atoms with E-state index in [-0.39, 0.29) is 5.76 Å². The maximum Gasteiger partial charge on any atom is 0.300 e. The van der Waals surface area contributed by atoms with Crippen molar-refractivity contribution in [2.24, 2.45) is 5.84 Å². The monoisotopic (exact) mass is 266 g/mol. The molecule has 0 aromatic carbocycles. The van der Waals surface area contributed by atoms with E-state index in [1.165, 1.54) is 25.9 Å². The Morgan fingerprint density at radius 2 is 2.21 bits per heavy atom. The van der Waals surface area contributed by atoms with Crippen LogP contribution < -0.4 is 11.3 Å². The van der Waals surface area contributed by atoms with Crippen LogP contribution in [0.1, 0.15) is 29.2 Å². The molecule has 1 aromatic rings. The normalized spacial score (nSPS) is 16.2. The van der Waals surface area contributed by atoms with Crippen molar-refractivity contribution in [3.63, 3.8) is 0 Å². The maximum absolute atomic E-state index is 11.3. The summed E-state index contributed by atoms with van der Waals surface area (Å²) in [5.41, 5.74) is 2.06. The Morgan fingerprint density at radius 1 is 1.47 bits per heavy atom. The van der Waals surface area contributed by atoms with Gasteiger partial charge in [0.1, 0.15) is 5.76 Å². The minimum absolute atomic E-state index is 0.255. The summed E-state index contributed by atoms with van der Waals surface area (Å²) < 4.78 is 5.43. The van der Waals surface area contributed by atoms with Crippen LogP contribution >= 0.6 is 0 Å². The topological polar surface area (TPSA) is 74.7 Å². The van der Waals surface area contributed by atoms with Gasteiger partial charge in [-0.3, -0.25) is 15.1 Å². The van der Waals surface area contributed by atoms with Gasteiger partial charge in [-0.1, -0.05) is 0 Å². The van der Waals surface area contributed by atoms with Crippen molar-refractivity contribution in [1.29, 1.82) is 0 Å². The molecule has 1 aliphatic rings. The average Bonchev–Trinajstić information content (AvgIpc) is 3.06. The zero-order chi connectivity index (χ0) is 13.7. The SMILES string of the molecule is CN(CCN1CCCC1)Cc1ccc(C(=O)NN)o1. The highest BCUT2D eigenvalue weighted by molar-refractivity contribution is 5.90. The summed E-state index contributed by atoms with van der Waals surface area (Å²) in [4.78, 5) is 15.9. The number of carbonyl (C=O) groups excluding carboxylic acids is 1.